The number of alkyl carbamates (subject to hydrolysis) is 1. The van der Waals surface area contributed by atoms with Crippen molar-refractivity contribution in [2.75, 3.05) is 6.61 Å². The van der Waals surface area contributed by atoms with Crippen molar-refractivity contribution in [1.82, 2.24) is 14.9 Å². The Morgan fingerprint density at radius 2 is 1.64 bits per heavy atom. The zero-order valence-corrected chi connectivity index (χ0v) is 26.0. The van der Waals surface area contributed by atoms with Gasteiger partial charge in [-0.3, -0.25) is 9.59 Å². The van der Waals surface area contributed by atoms with Gasteiger partial charge in [-0.2, -0.15) is 0 Å². The number of aromatic hydroxyl groups is 1. The highest BCUT2D eigenvalue weighted by molar-refractivity contribution is 7.99. The molecule has 242 valence electrons. The number of carboxylic acids is 1. The van der Waals surface area contributed by atoms with Crippen LogP contribution < -0.4 is 10.6 Å². The fourth-order valence-corrected chi connectivity index (χ4v) is 9.71. The number of ether oxygens (including phenoxy) is 2. The number of hydrogen-bond donors (Lipinski definition) is 8. The lowest BCUT2D eigenvalue weighted by Gasteiger charge is -2.44. The fraction of sp³-hybridized carbons (Fsp3) is 0.690. The number of nitrogens with one attached hydrogen (secondary N) is 2. The number of phenolic OH excluding ortho intramolecular Hbond substituents is 1. The van der Waals surface area contributed by atoms with Crippen LogP contribution in [0.1, 0.15) is 59.6 Å². The summed E-state index contributed by atoms with van der Waals surface area (Å²) >= 11 is 1.21. The first kappa shape index (κ1) is 31.3. The van der Waals surface area contributed by atoms with Crippen LogP contribution in [0.15, 0.2) is 24.3 Å². The van der Waals surface area contributed by atoms with E-state index < -0.39 is 87.0 Å². The molecule has 0 aromatic heterocycles. The molecular weight excluding hydrogens is 598 g/mol. The lowest BCUT2D eigenvalue weighted by Crippen LogP contribution is -2.59. The molecule has 0 bridgehead atoms. The first-order valence-corrected chi connectivity index (χ1v) is 15.3. The maximum Gasteiger partial charge on any atom is 0.408 e. The molecule has 8 N–H and O–H groups in total. The Morgan fingerprint density at radius 3 is 2.23 bits per heavy atom. The van der Waals surface area contributed by atoms with Crippen LogP contribution in [0.4, 0.5) is 4.79 Å². The number of fused-ring (bicyclic) bond motifs is 4. The van der Waals surface area contributed by atoms with Gasteiger partial charge in [-0.25, -0.2) is 9.10 Å². The molecule has 3 heterocycles. The average molecular weight is 638 g/mol. The van der Waals surface area contributed by atoms with Crippen LogP contribution in [-0.2, 0) is 19.1 Å². The number of carbonyl (C=O) groups excluding carboxylic acids is 2. The highest BCUT2D eigenvalue weighted by Gasteiger charge is 3.08. The van der Waals surface area contributed by atoms with Gasteiger partial charge in [-0.1, -0.05) is 65.6 Å². The van der Waals surface area contributed by atoms with Gasteiger partial charge in [0.2, 0.25) is 11.7 Å². The Balaban J connectivity index is 1.15. The standard InChI is InChI=1S/C29H39N3O11S/c1-23(2)11-15-20(44-32(15)18(23)21(35)36)31-19(34)17(13-7-9-14(33)10-8-13)30-22(37)42-12-16-26(38)24(3,4)27(26,39)28(40)25(5,6)29(28,41)43-16/h7-10,15-18,20,33,38-41H,11-12H2,1-6H3,(H,30,37)(H,31,34)(H,35,36)/t15?,16-,17?,18?,20?,26-,27+,28-,29?/m1/s1. The normalized spacial score (nSPS) is 42.4. The Labute approximate surface area is 257 Å². The zero-order valence-electron chi connectivity index (χ0n) is 25.2. The molecule has 9 atom stereocenters. The second-order valence-electron chi connectivity index (χ2n) is 14.4. The maximum absolute atomic E-state index is 13.5. The molecule has 0 spiro atoms. The number of amides is 2. The molecule has 14 nitrogen and oxygen atoms in total. The largest absolute Gasteiger partial charge is 0.508 e. The van der Waals surface area contributed by atoms with Crippen LogP contribution in [-0.4, -0.2) is 106 Å². The number of hydrogen-bond acceptors (Lipinski definition) is 12. The number of carbonyl (C=O) groups is 3. The van der Waals surface area contributed by atoms with Crippen LogP contribution in [0.5, 0.6) is 5.75 Å². The van der Waals surface area contributed by atoms with Gasteiger partial charge in [-0.15, -0.1) is 0 Å². The molecule has 1 aromatic carbocycles. The highest BCUT2D eigenvalue weighted by atomic mass is 32.2. The van der Waals surface area contributed by atoms with E-state index >= 15 is 0 Å². The molecule has 2 aliphatic carbocycles. The van der Waals surface area contributed by atoms with Crippen molar-refractivity contribution >= 4 is 29.9 Å². The maximum atomic E-state index is 13.5. The van der Waals surface area contributed by atoms with Crippen molar-refractivity contribution in [3.63, 3.8) is 0 Å². The van der Waals surface area contributed by atoms with Gasteiger partial charge in [0.25, 0.3) is 0 Å². The Morgan fingerprint density at radius 1 is 1.02 bits per heavy atom. The topological polar surface area (TPSA) is 218 Å². The second kappa shape index (κ2) is 8.99. The van der Waals surface area contributed by atoms with E-state index in [0.29, 0.717) is 12.0 Å². The van der Waals surface area contributed by atoms with Crippen molar-refractivity contribution in [2.24, 2.45) is 16.2 Å². The van der Waals surface area contributed by atoms with Gasteiger partial charge in [-0.05, 0) is 29.5 Å². The highest BCUT2D eigenvalue weighted by Crippen LogP contribution is 2.86. The molecule has 3 aliphatic heterocycles. The van der Waals surface area contributed by atoms with E-state index in [-0.39, 0.29) is 11.8 Å². The van der Waals surface area contributed by atoms with Gasteiger partial charge >= 0.3 is 12.1 Å². The minimum atomic E-state index is -2.21. The first-order chi connectivity index (χ1) is 20.1. The van der Waals surface area contributed by atoms with Crippen molar-refractivity contribution in [3.05, 3.63) is 29.8 Å². The van der Waals surface area contributed by atoms with Gasteiger partial charge in [0.1, 0.15) is 47.1 Å². The minimum Gasteiger partial charge on any atom is -0.508 e. The van der Waals surface area contributed by atoms with Gasteiger partial charge in [0.05, 0.1) is 11.5 Å². The average Bonchev–Trinajstić information content (AvgIpc) is 3.40. The number of aliphatic carboxylic acids is 1. The molecule has 2 amide bonds. The smallest absolute Gasteiger partial charge is 0.408 e. The third-order valence-corrected chi connectivity index (χ3v) is 12.5. The van der Waals surface area contributed by atoms with Crippen molar-refractivity contribution in [3.8, 4) is 5.75 Å². The summed E-state index contributed by atoms with van der Waals surface area (Å²) < 4.78 is 12.8. The van der Waals surface area contributed by atoms with Gasteiger partial charge in [0, 0.05) is 5.41 Å². The third kappa shape index (κ3) is 3.46. The summed E-state index contributed by atoms with van der Waals surface area (Å²) in [5, 5.41) is 69.7. The monoisotopic (exact) mass is 637 g/mol. The minimum absolute atomic E-state index is 0.0586. The van der Waals surface area contributed by atoms with E-state index in [4.69, 9.17) is 9.47 Å². The number of aliphatic hydroxyl groups is 4. The van der Waals surface area contributed by atoms with E-state index in [0.717, 1.165) is 0 Å². The summed E-state index contributed by atoms with van der Waals surface area (Å²) in [6, 6.07) is 3.36. The summed E-state index contributed by atoms with van der Waals surface area (Å²) in [5.41, 5.74) is -9.28. The lowest BCUT2D eigenvalue weighted by molar-refractivity contribution is -0.290. The first-order valence-electron chi connectivity index (χ1n) is 14.4. The van der Waals surface area contributed by atoms with E-state index in [9.17, 15) is 45.0 Å². The quantitative estimate of drug-likeness (QED) is 0.187. The molecule has 2 saturated carbocycles. The summed E-state index contributed by atoms with van der Waals surface area (Å²) in [6.07, 6.45) is -1.97. The zero-order chi connectivity index (χ0) is 32.6. The molecule has 5 fully saturated rings. The second-order valence-corrected chi connectivity index (χ2v) is 15.5. The predicted octanol–water partition coefficient (Wildman–Crippen LogP) is 0.178. The van der Waals surface area contributed by atoms with Crippen molar-refractivity contribution in [2.45, 2.75) is 100 Å². The van der Waals surface area contributed by atoms with Crippen molar-refractivity contribution < 1.29 is 54.5 Å². The summed E-state index contributed by atoms with van der Waals surface area (Å²) in [7, 11) is 0. The molecule has 5 unspecified atom stereocenters. The van der Waals surface area contributed by atoms with Gasteiger partial charge < -0.3 is 50.7 Å². The molecule has 0 radical (unpaired) electrons. The third-order valence-electron chi connectivity index (χ3n) is 11.1. The number of benzene rings is 1. The van der Waals surface area contributed by atoms with Crippen LogP contribution >= 0.6 is 11.9 Å². The van der Waals surface area contributed by atoms with E-state index in [1.54, 1.807) is 4.31 Å². The molecule has 5 aliphatic rings. The number of nitrogens with zero attached hydrogens (tertiary/aromatic N) is 1. The SMILES string of the molecule is CC1(C)CC2C(NC(=O)C(NC(=O)OC[C@H]3OC4(O)C(C)(C)[C@@]4(O)[C@]4(O)C(C)(C)[C@]34O)c3ccc(O)cc3)SN2C1C(=O)O. The van der Waals surface area contributed by atoms with Crippen LogP contribution in [0, 0.1) is 16.2 Å². The van der Waals surface area contributed by atoms with E-state index in [1.807, 2.05) is 13.8 Å². The molecule has 15 heteroatoms. The van der Waals surface area contributed by atoms with Crippen LogP contribution in [0.2, 0.25) is 0 Å². The summed E-state index contributed by atoms with van der Waals surface area (Å²) in [4.78, 5) is 38.4. The fourth-order valence-electron chi connectivity index (χ4n) is 8.25. The van der Waals surface area contributed by atoms with E-state index in [1.165, 1.54) is 63.9 Å². The number of carboxylic acid groups (broad SMARTS) is 1. The Hall–Kier alpha value is -2.66. The number of phenols is 1. The molecule has 6 rings (SSSR count). The summed E-state index contributed by atoms with van der Waals surface area (Å²) in [6.45, 7) is 9.09. The Bertz CT molecular complexity index is 1440. The predicted molar refractivity (Wildman–Crippen MR) is 153 cm³/mol. The molecule has 3 saturated heterocycles. The molecule has 1 aromatic rings. The van der Waals surface area contributed by atoms with Crippen LogP contribution in [0.3, 0.4) is 0 Å². The molecule has 44 heavy (non-hydrogen) atoms. The van der Waals surface area contributed by atoms with Crippen LogP contribution in [0.25, 0.3) is 0 Å². The lowest BCUT2D eigenvalue weighted by atomic mass is 9.84. The Kier molecular flexibility index (Phi) is 6.40. The molecular formula is C29H39N3O11S. The van der Waals surface area contributed by atoms with Crippen molar-refractivity contribution in [1.29, 1.82) is 0 Å². The summed E-state index contributed by atoms with van der Waals surface area (Å²) in [5.74, 6) is -3.82. The van der Waals surface area contributed by atoms with E-state index in [2.05, 4.69) is 10.6 Å². The number of rotatable bonds is 7. The van der Waals surface area contributed by atoms with Gasteiger partial charge in [0.15, 0.2) is 5.60 Å².